The summed E-state index contributed by atoms with van der Waals surface area (Å²) >= 11 is 0. The van der Waals surface area contributed by atoms with Gasteiger partial charge in [-0.25, -0.2) is 4.39 Å². The number of halogens is 1. The minimum absolute atomic E-state index is 0.0582. The standard InChI is InChI=1S/C16H17FN2O2/c1-21-12-7-8-13(17)15(10-12)19-16(20)14(18)9-11-5-3-2-4-6-11/h2-8,10,14H,9,18H2,1H3,(H,19,20). The molecule has 0 radical (unpaired) electrons. The molecule has 2 aromatic rings. The minimum Gasteiger partial charge on any atom is -0.497 e. The van der Waals surface area contributed by atoms with E-state index in [1.165, 1.54) is 25.3 Å². The first kappa shape index (κ1) is 15.0. The Morgan fingerprint density at radius 2 is 2.00 bits per heavy atom. The van der Waals surface area contributed by atoms with Gasteiger partial charge in [0.2, 0.25) is 5.91 Å². The fourth-order valence-electron chi connectivity index (χ4n) is 1.91. The van der Waals surface area contributed by atoms with Crippen LogP contribution in [0, 0.1) is 5.82 Å². The molecule has 0 fully saturated rings. The first-order valence-electron chi connectivity index (χ1n) is 6.54. The summed E-state index contributed by atoms with van der Waals surface area (Å²) in [5, 5.41) is 2.49. The predicted molar refractivity (Wildman–Crippen MR) is 79.7 cm³/mol. The van der Waals surface area contributed by atoms with E-state index in [-0.39, 0.29) is 5.69 Å². The highest BCUT2D eigenvalue weighted by molar-refractivity contribution is 5.95. The van der Waals surface area contributed by atoms with Crippen LogP contribution in [0.3, 0.4) is 0 Å². The summed E-state index contributed by atoms with van der Waals surface area (Å²) in [7, 11) is 1.47. The van der Waals surface area contributed by atoms with Gasteiger partial charge in [0.05, 0.1) is 18.8 Å². The largest absolute Gasteiger partial charge is 0.497 e. The van der Waals surface area contributed by atoms with Crippen LogP contribution in [0.5, 0.6) is 5.75 Å². The minimum atomic E-state index is -0.752. The van der Waals surface area contributed by atoms with E-state index >= 15 is 0 Å². The summed E-state index contributed by atoms with van der Waals surface area (Å²) in [6.45, 7) is 0. The third-order valence-electron chi connectivity index (χ3n) is 3.07. The molecule has 4 nitrogen and oxygen atoms in total. The van der Waals surface area contributed by atoms with Gasteiger partial charge in [-0.05, 0) is 24.1 Å². The number of hydrogen-bond donors (Lipinski definition) is 2. The molecule has 0 saturated heterocycles. The highest BCUT2D eigenvalue weighted by Gasteiger charge is 2.16. The Hall–Kier alpha value is -2.40. The van der Waals surface area contributed by atoms with Gasteiger partial charge in [-0.3, -0.25) is 4.79 Å². The number of anilines is 1. The van der Waals surface area contributed by atoms with E-state index in [2.05, 4.69) is 5.32 Å². The maximum Gasteiger partial charge on any atom is 0.241 e. The number of nitrogens with one attached hydrogen (secondary N) is 1. The highest BCUT2D eigenvalue weighted by Crippen LogP contribution is 2.21. The van der Waals surface area contributed by atoms with E-state index in [4.69, 9.17) is 10.5 Å². The van der Waals surface area contributed by atoms with Crippen molar-refractivity contribution in [2.24, 2.45) is 5.73 Å². The van der Waals surface area contributed by atoms with E-state index in [0.717, 1.165) is 5.56 Å². The monoisotopic (exact) mass is 288 g/mol. The molecule has 0 spiro atoms. The molecule has 1 unspecified atom stereocenters. The van der Waals surface area contributed by atoms with Gasteiger partial charge in [0, 0.05) is 6.07 Å². The smallest absolute Gasteiger partial charge is 0.241 e. The summed E-state index contributed by atoms with van der Waals surface area (Å²) in [5.41, 5.74) is 6.86. The maximum atomic E-state index is 13.6. The number of hydrogen-bond acceptors (Lipinski definition) is 3. The third-order valence-corrected chi connectivity index (χ3v) is 3.07. The van der Waals surface area contributed by atoms with Gasteiger partial charge in [-0.15, -0.1) is 0 Å². The number of rotatable bonds is 5. The first-order chi connectivity index (χ1) is 10.1. The van der Waals surface area contributed by atoms with Crippen molar-refractivity contribution in [2.45, 2.75) is 12.5 Å². The quantitative estimate of drug-likeness (QED) is 0.887. The summed E-state index contributed by atoms with van der Waals surface area (Å²) in [6, 6.07) is 12.8. The summed E-state index contributed by atoms with van der Waals surface area (Å²) in [5.74, 6) is -0.509. The van der Waals surface area contributed by atoms with Crippen LogP contribution in [0.1, 0.15) is 5.56 Å². The molecule has 0 saturated carbocycles. The van der Waals surface area contributed by atoms with Gasteiger partial charge in [-0.1, -0.05) is 30.3 Å². The van der Waals surface area contributed by atoms with Crippen molar-refractivity contribution >= 4 is 11.6 Å². The topological polar surface area (TPSA) is 64.3 Å². The molecule has 1 amide bonds. The van der Waals surface area contributed by atoms with E-state index in [0.29, 0.717) is 12.2 Å². The molecule has 2 aromatic carbocycles. The van der Waals surface area contributed by atoms with Gasteiger partial charge < -0.3 is 15.8 Å². The molecule has 2 rings (SSSR count). The highest BCUT2D eigenvalue weighted by atomic mass is 19.1. The van der Waals surface area contributed by atoms with Crippen LogP contribution in [0.25, 0.3) is 0 Å². The molecule has 0 heterocycles. The number of carbonyl (C=O) groups is 1. The van der Waals surface area contributed by atoms with Crippen LogP contribution >= 0.6 is 0 Å². The predicted octanol–water partition coefficient (Wildman–Crippen LogP) is 2.34. The zero-order valence-corrected chi connectivity index (χ0v) is 11.7. The first-order valence-corrected chi connectivity index (χ1v) is 6.54. The molecule has 21 heavy (non-hydrogen) atoms. The second-order valence-electron chi connectivity index (χ2n) is 4.63. The molecule has 0 bridgehead atoms. The summed E-state index contributed by atoms with van der Waals surface area (Å²) in [4.78, 5) is 12.0. The van der Waals surface area contributed by atoms with Crippen molar-refractivity contribution in [3.05, 3.63) is 59.9 Å². The van der Waals surface area contributed by atoms with Crippen LogP contribution in [-0.2, 0) is 11.2 Å². The second-order valence-corrected chi connectivity index (χ2v) is 4.63. The number of carbonyl (C=O) groups excluding carboxylic acids is 1. The Bertz CT molecular complexity index is 617. The lowest BCUT2D eigenvalue weighted by atomic mass is 10.1. The van der Waals surface area contributed by atoms with Crippen LogP contribution < -0.4 is 15.8 Å². The van der Waals surface area contributed by atoms with Crippen molar-refractivity contribution in [3.63, 3.8) is 0 Å². The zero-order valence-electron chi connectivity index (χ0n) is 11.7. The van der Waals surface area contributed by atoms with Crippen LogP contribution in [-0.4, -0.2) is 19.1 Å². The molecule has 0 aliphatic heterocycles. The van der Waals surface area contributed by atoms with E-state index in [1.807, 2.05) is 30.3 Å². The molecule has 0 aliphatic carbocycles. The van der Waals surface area contributed by atoms with Crippen molar-refractivity contribution < 1.29 is 13.9 Å². The lowest BCUT2D eigenvalue weighted by molar-refractivity contribution is -0.117. The fraction of sp³-hybridized carbons (Fsp3) is 0.188. The Morgan fingerprint density at radius 1 is 1.29 bits per heavy atom. The van der Waals surface area contributed by atoms with Crippen molar-refractivity contribution in [2.75, 3.05) is 12.4 Å². The number of amides is 1. The van der Waals surface area contributed by atoms with Gasteiger partial charge >= 0.3 is 0 Å². The summed E-state index contributed by atoms with van der Waals surface area (Å²) in [6.07, 6.45) is 0.387. The Balaban J connectivity index is 2.04. The van der Waals surface area contributed by atoms with Crippen molar-refractivity contribution in [1.29, 1.82) is 0 Å². The van der Waals surface area contributed by atoms with E-state index in [1.54, 1.807) is 0 Å². The molecule has 0 aromatic heterocycles. The molecule has 0 aliphatic rings. The summed E-state index contributed by atoms with van der Waals surface area (Å²) < 4.78 is 18.6. The maximum absolute atomic E-state index is 13.6. The molecule has 110 valence electrons. The molecule has 5 heteroatoms. The number of ether oxygens (including phenoxy) is 1. The van der Waals surface area contributed by atoms with Gasteiger partial charge in [0.15, 0.2) is 0 Å². The number of nitrogens with two attached hydrogens (primary N) is 1. The van der Waals surface area contributed by atoms with E-state index in [9.17, 15) is 9.18 Å². The van der Waals surface area contributed by atoms with Crippen LogP contribution in [0.15, 0.2) is 48.5 Å². The molecule has 3 N–H and O–H groups in total. The van der Waals surface area contributed by atoms with Crippen molar-refractivity contribution in [3.8, 4) is 5.75 Å². The average molecular weight is 288 g/mol. The van der Waals surface area contributed by atoms with E-state index < -0.39 is 17.8 Å². The van der Waals surface area contributed by atoms with Gasteiger partial charge in [0.1, 0.15) is 11.6 Å². The molecular formula is C16H17FN2O2. The normalized spacial score (nSPS) is 11.8. The number of benzene rings is 2. The Labute approximate surface area is 122 Å². The SMILES string of the molecule is COc1ccc(F)c(NC(=O)C(N)Cc2ccccc2)c1. The van der Waals surface area contributed by atoms with Crippen LogP contribution in [0.4, 0.5) is 10.1 Å². The lowest BCUT2D eigenvalue weighted by Crippen LogP contribution is -2.37. The Kier molecular flexibility index (Phi) is 4.90. The van der Waals surface area contributed by atoms with Gasteiger partial charge in [0.25, 0.3) is 0 Å². The zero-order chi connectivity index (χ0) is 15.2. The Morgan fingerprint density at radius 3 is 2.67 bits per heavy atom. The third kappa shape index (κ3) is 4.03. The van der Waals surface area contributed by atoms with Gasteiger partial charge in [-0.2, -0.15) is 0 Å². The fourth-order valence-corrected chi connectivity index (χ4v) is 1.91. The lowest BCUT2D eigenvalue weighted by Gasteiger charge is -2.13. The number of methoxy groups -OCH3 is 1. The van der Waals surface area contributed by atoms with Crippen molar-refractivity contribution in [1.82, 2.24) is 0 Å². The second kappa shape index (κ2) is 6.85. The molecular weight excluding hydrogens is 271 g/mol. The van der Waals surface area contributed by atoms with Crippen LogP contribution in [0.2, 0.25) is 0 Å². The average Bonchev–Trinajstić information content (AvgIpc) is 2.50. The molecule has 1 atom stereocenters.